The molecule has 1 aliphatic rings. The van der Waals surface area contributed by atoms with Crippen molar-refractivity contribution in [1.29, 1.82) is 0 Å². The molecule has 0 atom stereocenters. The largest absolute Gasteiger partial charge is 0.378 e. The molecule has 6 heteroatoms. The number of aromatic nitrogens is 1. The van der Waals surface area contributed by atoms with Crippen LogP contribution in [0.5, 0.6) is 0 Å². The first-order valence-corrected chi connectivity index (χ1v) is 8.99. The number of para-hydroxylation sites is 1. The van der Waals surface area contributed by atoms with Gasteiger partial charge in [0.15, 0.2) is 0 Å². The summed E-state index contributed by atoms with van der Waals surface area (Å²) in [5, 5.41) is 0.212. The lowest BCUT2D eigenvalue weighted by Crippen LogP contribution is -2.37. The van der Waals surface area contributed by atoms with Gasteiger partial charge in [-0.05, 0) is 29.8 Å². The normalized spacial score (nSPS) is 14.6. The third-order valence-corrected chi connectivity index (χ3v) is 4.93. The van der Waals surface area contributed by atoms with E-state index < -0.39 is 11.6 Å². The zero-order valence-electron chi connectivity index (χ0n) is 15.2. The molecule has 0 N–H and O–H groups in total. The van der Waals surface area contributed by atoms with Crippen molar-refractivity contribution in [3.63, 3.8) is 0 Å². The Morgan fingerprint density at radius 1 is 1.04 bits per heavy atom. The van der Waals surface area contributed by atoms with E-state index in [4.69, 9.17) is 4.74 Å². The zero-order valence-corrected chi connectivity index (χ0v) is 15.2. The fourth-order valence-electron chi connectivity index (χ4n) is 3.59. The highest BCUT2D eigenvalue weighted by Crippen LogP contribution is 2.31. The fraction of sp³-hybridized carbons (Fsp3) is 0.286. The molecule has 0 radical (unpaired) electrons. The van der Waals surface area contributed by atoms with Crippen LogP contribution in [0.1, 0.15) is 5.56 Å². The molecule has 2 aromatic carbocycles. The van der Waals surface area contributed by atoms with Gasteiger partial charge in [-0.2, -0.15) is 0 Å². The summed E-state index contributed by atoms with van der Waals surface area (Å²) in [6.07, 6.45) is 1.52. The predicted octanol–water partition coefficient (Wildman–Crippen LogP) is 3.99. The van der Waals surface area contributed by atoms with Crippen molar-refractivity contribution >= 4 is 22.3 Å². The molecule has 0 spiro atoms. The number of fused-ring (bicyclic) bond motifs is 1. The van der Waals surface area contributed by atoms with Crippen LogP contribution in [0.25, 0.3) is 10.9 Å². The summed E-state index contributed by atoms with van der Waals surface area (Å²) in [5.41, 5.74) is 2.95. The first kappa shape index (κ1) is 17.7. The number of hydrogen-bond acceptors (Lipinski definition) is 4. The molecule has 140 valence electrons. The van der Waals surface area contributed by atoms with Crippen LogP contribution in [0.3, 0.4) is 0 Å². The number of rotatable bonds is 4. The minimum Gasteiger partial charge on any atom is -0.378 e. The first-order valence-electron chi connectivity index (χ1n) is 8.99. The lowest BCUT2D eigenvalue weighted by atomic mass is 10.1. The van der Waals surface area contributed by atoms with Crippen LogP contribution in [-0.2, 0) is 11.3 Å². The maximum Gasteiger partial charge on any atom is 0.149 e. The Morgan fingerprint density at radius 3 is 2.59 bits per heavy atom. The van der Waals surface area contributed by atoms with Crippen molar-refractivity contribution in [2.24, 2.45) is 0 Å². The van der Waals surface area contributed by atoms with Crippen molar-refractivity contribution in [3.8, 4) is 0 Å². The molecule has 1 aliphatic heterocycles. The third kappa shape index (κ3) is 3.45. The molecule has 0 bridgehead atoms. The predicted molar refractivity (Wildman–Crippen MR) is 103 cm³/mol. The van der Waals surface area contributed by atoms with E-state index in [1.165, 1.54) is 6.20 Å². The van der Waals surface area contributed by atoms with Crippen molar-refractivity contribution in [2.45, 2.75) is 6.54 Å². The molecular formula is C21H21F2N3O. The quantitative estimate of drug-likeness (QED) is 0.695. The summed E-state index contributed by atoms with van der Waals surface area (Å²) < 4.78 is 34.0. The molecule has 1 saturated heterocycles. The lowest BCUT2D eigenvalue weighted by molar-refractivity contribution is 0.122. The fourth-order valence-corrected chi connectivity index (χ4v) is 3.59. The Balaban J connectivity index is 1.69. The van der Waals surface area contributed by atoms with Crippen LogP contribution >= 0.6 is 0 Å². The van der Waals surface area contributed by atoms with E-state index in [0.717, 1.165) is 36.5 Å². The van der Waals surface area contributed by atoms with Gasteiger partial charge in [-0.25, -0.2) is 8.78 Å². The molecule has 1 aromatic heterocycles. The molecule has 0 aliphatic carbocycles. The highest BCUT2D eigenvalue weighted by molar-refractivity contribution is 5.92. The number of anilines is 2. The molecular weight excluding hydrogens is 348 g/mol. The maximum absolute atomic E-state index is 14.4. The number of hydrogen-bond donors (Lipinski definition) is 0. The Kier molecular flexibility index (Phi) is 4.90. The van der Waals surface area contributed by atoms with Crippen LogP contribution < -0.4 is 9.80 Å². The van der Waals surface area contributed by atoms with Gasteiger partial charge in [-0.3, -0.25) is 4.98 Å². The average molecular weight is 369 g/mol. The van der Waals surface area contributed by atoms with Gasteiger partial charge in [0, 0.05) is 38.6 Å². The summed E-state index contributed by atoms with van der Waals surface area (Å²) in [6.45, 7) is 3.69. The van der Waals surface area contributed by atoms with Crippen LogP contribution in [0.2, 0.25) is 0 Å². The second kappa shape index (κ2) is 7.48. The van der Waals surface area contributed by atoms with Gasteiger partial charge in [0.25, 0.3) is 0 Å². The van der Waals surface area contributed by atoms with Crippen LogP contribution in [0.4, 0.5) is 20.2 Å². The Bertz CT molecular complexity index is 957. The topological polar surface area (TPSA) is 28.6 Å². The molecule has 1 fully saturated rings. The van der Waals surface area contributed by atoms with Crippen LogP contribution in [-0.4, -0.2) is 38.3 Å². The number of ether oxygens (including phenoxy) is 1. The molecule has 0 unspecified atom stereocenters. The summed E-state index contributed by atoms with van der Waals surface area (Å²) in [4.78, 5) is 8.26. The molecule has 27 heavy (non-hydrogen) atoms. The number of benzene rings is 2. The number of nitrogens with zero attached hydrogens (tertiary/aromatic N) is 3. The maximum atomic E-state index is 14.4. The van der Waals surface area contributed by atoms with Gasteiger partial charge < -0.3 is 14.5 Å². The highest BCUT2D eigenvalue weighted by Gasteiger charge is 2.18. The standard InChI is InChI=1S/C21H21F2N3O/c1-25(19-8-9-24-21-17(23)7-6-16(22)20(19)21)14-15-4-2-3-5-18(15)26-10-12-27-13-11-26/h2-9H,10-14H2,1H3. The lowest BCUT2D eigenvalue weighted by Gasteiger charge is -2.32. The molecule has 0 amide bonds. The zero-order chi connectivity index (χ0) is 18.8. The molecule has 0 saturated carbocycles. The Hall–Kier alpha value is -2.73. The van der Waals surface area contributed by atoms with E-state index in [2.05, 4.69) is 22.0 Å². The number of morpholine rings is 1. The molecule has 4 rings (SSSR count). The second-order valence-electron chi connectivity index (χ2n) is 6.67. The second-order valence-corrected chi connectivity index (χ2v) is 6.67. The van der Waals surface area contributed by atoms with Gasteiger partial charge in [0.1, 0.15) is 17.2 Å². The average Bonchev–Trinajstić information content (AvgIpc) is 2.71. The third-order valence-electron chi connectivity index (χ3n) is 4.93. The number of pyridine rings is 1. The van der Waals surface area contributed by atoms with Gasteiger partial charge in [0.05, 0.1) is 24.3 Å². The smallest absolute Gasteiger partial charge is 0.149 e. The van der Waals surface area contributed by atoms with Crippen LogP contribution in [0, 0.1) is 11.6 Å². The van der Waals surface area contributed by atoms with Crippen molar-refractivity contribution in [1.82, 2.24) is 4.98 Å². The van der Waals surface area contributed by atoms with E-state index in [1.807, 2.05) is 24.1 Å². The van der Waals surface area contributed by atoms with Gasteiger partial charge in [-0.15, -0.1) is 0 Å². The van der Waals surface area contributed by atoms with E-state index >= 15 is 0 Å². The van der Waals surface area contributed by atoms with E-state index in [-0.39, 0.29) is 10.9 Å². The first-order chi connectivity index (χ1) is 13.1. The van der Waals surface area contributed by atoms with Crippen molar-refractivity contribution in [2.75, 3.05) is 43.2 Å². The van der Waals surface area contributed by atoms with E-state index in [1.54, 1.807) is 6.07 Å². The van der Waals surface area contributed by atoms with Crippen molar-refractivity contribution in [3.05, 3.63) is 65.9 Å². The minimum absolute atomic E-state index is 0.0563. The summed E-state index contributed by atoms with van der Waals surface area (Å²) in [5.74, 6) is -0.988. The van der Waals surface area contributed by atoms with Gasteiger partial charge >= 0.3 is 0 Å². The van der Waals surface area contributed by atoms with E-state index in [0.29, 0.717) is 25.4 Å². The van der Waals surface area contributed by atoms with Gasteiger partial charge in [-0.1, -0.05) is 18.2 Å². The molecule has 3 aromatic rings. The summed E-state index contributed by atoms with van der Waals surface area (Å²) in [7, 11) is 1.88. The molecule has 2 heterocycles. The Labute approximate surface area is 157 Å². The highest BCUT2D eigenvalue weighted by atomic mass is 19.1. The van der Waals surface area contributed by atoms with E-state index in [9.17, 15) is 8.78 Å². The summed E-state index contributed by atoms with van der Waals surface area (Å²) >= 11 is 0. The van der Waals surface area contributed by atoms with Gasteiger partial charge in [0.2, 0.25) is 0 Å². The summed E-state index contributed by atoms with van der Waals surface area (Å²) in [6, 6.07) is 12.2. The monoisotopic (exact) mass is 369 g/mol. The molecule has 4 nitrogen and oxygen atoms in total. The minimum atomic E-state index is -0.518. The van der Waals surface area contributed by atoms with Crippen molar-refractivity contribution < 1.29 is 13.5 Å². The Morgan fingerprint density at radius 2 is 1.78 bits per heavy atom. The number of halogens is 2. The van der Waals surface area contributed by atoms with Crippen LogP contribution in [0.15, 0.2) is 48.7 Å². The SMILES string of the molecule is CN(Cc1ccccc1N1CCOCC1)c1ccnc2c(F)ccc(F)c12.